The van der Waals surface area contributed by atoms with E-state index in [0.29, 0.717) is 12.2 Å². The standard InChI is InChI=1S/C20H25N5O2S2/c1-15-6-7-18(14-16(15)2)25-19(17-8-10-21-11-9-17)22-23-20(25)28-12-5-13-29(26,27)24(3)4/h6-11,14H,5,12-13H2,1-4H3. The molecule has 0 amide bonds. The number of pyridine rings is 1. The van der Waals surface area contributed by atoms with Crippen molar-refractivity contribution in [1.29, 1.82) is 0 Å². The van der Waals surface area contributed by atoms with Crippen molar-refractivity contribution < 1.29 is 8.42 Å². The first-order chi connectivity index (χ1) is 13.8. The third-order valence-corrected chi connectivity index (χ3v) is 7.59. The molecule has 0 atom stereocenters. The number of thioether (sulfide) groups is 1. The average Bonchev–Trinajstić information content (AvgIpc) is 3.12. The Bertz CT molecular complexity index is 1080. The van der Waals surface area contributed by atoms with Crippen molar-refractivity contribution in [1.82, 2.24) is 24.1 Å². The van der Waals surface area contributed by atoms with Gasteiger partial charge in [-0.25, -0.2) is 12.7 Å². The minimum Gasteiger partial charge on any atom is -0.270 e. The summed E-state index contributed by atoms with van der Waals surface area (Å²) in [4.78, 5) is 4.08. The summed E-state index contributed by atoms with van der Waals surface area (Å²) in [5, 5.41) is 9.53. The van der Waals surface area contributed by atoms with Gasteiger partial charge in [0.05, 0.1) is 11.4 Å². The Morgan fingerprint density at radius 3 is 2.41 bits per heavy atom. The lowest BCUT2D eigenvalue weighted by molar-refractivity contribution is 0.520. The van der Waals surface area contributed by atoms with Crippen LogP contribution in [0, 0.1) is 13.8 Å². The van der Waals surface area contributed by atoms with E-state index in [1.165, 1.54) is 27.2 Å². The van der Waals surface area contributed by atoms with Gasteiger partial charge in [0.2, 0.25) is 10.0 Å². The summed E-state index contributed by atoms with van der Waals surface area (Å²) >= 11 is 1.51. The zero-order valence-corrected chi connectivity index (χ0v) is 18.7. The smallest absolute Gasteiger partial charge is 0.213 e. The highest BCUT2D eigenvalue weighted by Gasteiger charge is 2.18. The Hall–Kier alpha value is -2.23. The normalized spacial score (nSPS) is 11.9. The van der Waals surface area contributed by atoms with E-state index < -0.39 is 10.0 Å². The molecule has 7 nitrogen and oxygen atoms in total. The van der Waals surface area contributed by atoms with Crippen LogP contribution in [0.25, 0.3) is 17.1 Å². The number of hydrogen-bond acceptors (Lipinski definition) is 6. The van der Waals surface area contributed by atoms with Crippen LogP contribution in [0.3, 0.4) is 0 Å². The maximum atomic E-state index is 12.0. The van der Waals surface area contributed by atoms with Crippen LogP contribution in [-0.2, 0) is 10.0 Å². The van der Waals surface area contributed by atoms with Crippen molar-refractivity contribution in [2.45, 2.75) is 25.4 Å². The third kappa shape index (κ3) is 5.04. The van der Waals surface area contributed by atoms with Crippen LogP contribution >= 0.6 is 11.8 Å². The maximum Gasteiger partial charge on any atom is 0.213 e. The largest absolute Gasteiger partial charge is 0.270 e. The first kappa shape index (κ1) is 21.5. The van der Waals surface area contributed by atoms with Gasteiger partial charge in [0.1, 0.15) is 0 Å². The predicted octanol–water partition coefficient (Wildman–Crippen LogP) is 3.32. The molecule has 29 heavy (non-hydrogen) atoms. The van der Waals surface area contributed by atoms with Gasteiger partial charge in [-0.15, -0.1) is 10.2 Å². The fourth-order valence-electron chi connectivity index (χ4n) is 2.74. The van der Waals surface area contributed by atoms with Crippen LogP contribution in [0.2, 0.25) is 0 Å². The molecule has 154 valence electrons. The fourth-order valence-corrected chi connectivity index (χ4v) is 4.68. The number of sulfonamides is 1. The summed E-state index contributed by atoms with van der Waals surface area (Å²) in [6.45, 7) is 4.16. The molecule has 9 heteroatoms. The Balaban J connectivity index is 1.89. The number of hydrogen-bond donors (Lipinski definition) is 0. The Labute approximate surface area is 176 Å². The first-order valence-corrected chi connectivity index (χ1v) is 11.9. The third-order valence-electron chi connectivity index (χ3n) is 4.65. The van der Waals surface area contributed by atoms with E-state index in [9.17, 15) is 8.42 Å². The lowest BCUT2D eigenvalue weighted by Crippen LogP contribution is -2.25. The maximum absolute atomic E-state index is 12.0. The van der Waals surface area contributed by atoms with Gasteiger partial charge in [-0.1, -0.05) is 17.8 Å². The number of rotatable bonds is 8. The van der Waals surface area contributed by atoms with Gasteiger partial charge in [-0.2, -0.15) is 0 Å². The van der Waals surface area contributed by atoms with Gasteiger partial charge in [0, 0.05) is 37.8 Å². The van der Waals surface area contributed by atoms with Gasteiger partial charge in [-0.3, -0.25) is 9.55 Å². The van der Waals surface area contributed by atoms with E-state index in [4.69, 9.17) is 0 Å². The lowest BCUT2D eigenvalue weighted by atomic mass is 10.1. The Kier molecular flexibility index (Phi) is 6.71. The summed E-state index contributed by atoms with van der Waals surface area (Å²) in [6, 6.07) is 10.1. The molecular weight excluding hydrogens is 406 g/mol. The molecule has 3 aromatic rings. The monoisotopic (exact) mass is 431 g/mol. The minimum absolute atomic E-state index is 0.113. The molecule has 0 fully saturated rings. The van der Waals surface area contributed by atoms with Crippen molar-refractivity contribution in [2.24, 2.45) is 0 Å². The van der Waals surface area contributed by atoms with Crippen LogP contribution < -0.4 is 0 Å². The SMILES string of the molecule is Cc1ccc(-n2c(SCCCS(=O)(=O)N(C)C)nnc2-c2ccncc2)cc1C. The average molecular weight is 432 g/mol. The molecule has 0 aliphatic carbocycles. The fraction of sp³-hybridized carbons (Fsp3) is 0.350. The topological polar surface area (TPSA) is 81.0 Å². The van der Waals surface area contributed by atoms with Gasteiger partial charge in [-0.05, 0) is 55.7 Å². The predicted molar refractivity (Wildman–Crippen MR) is 117 cm³/mol. The highest BCUT2D eigenvalue weighted by molar-refractivity contribution is 7.99. The molecule has 0 radical (unpaired) electrons. The van der Waals surface area contributed by atoms with Gasteiger partial charge >= 0.3 is 0 Å². The van der Waals surface area contributed by atoms with Crippen molar-refractivity contribution in [3.63, 3.8) is 0 Å². The molecule has 2 aromatic heterocycles. The molecule has 1 aromatic carbocycles. The summed E-state index contributed by atoms with van der Waals surface area (Å²) in [7, 11) is -0.0821. The van der Waals surface area contributed by atoms with Crippen LogP contribution in [0.5, 0.6) is 0 Å². The Morgan fingerprint density at radius 1 is 1.03 bits per heavy atom. The molecule has 0 saturated heterocycles. The summed E-state index contributed by atoms with van der Waals surface area (Å²) in [5.74, 6) is 1.48. The zero-order valence-electron chi connectivity index (χ0n) is 17.0. The van der Waals surface area contributed by atoms with Crippen LogP contribution in [0.4, 0.5) is 0 Å². The summed E-state index contributed by atoms with van der Waals surface area (Å²) in [5.41, 5.74) is 4.31. The summed E-state index contributed by atoms with van der Waals surface area (Å²) < 4.78 is 27.2. The second-order valence-corrected chi connectivity index (χ2v) is 10.3. The van der Waals surface area contributed by atoms with Crippen LogP contribution in [0.1, 0.15) is 17.5 Å². The number of benzene rings is 1. The van der Waals surface area contributed by atoms with E-state index in [1.807, 2.05) is 16.7 Å². The molecule has 0 aliphatic rings. The van der Waals surface area contributed by atoms with Crippen LogP contribution in [0.15, 0.2) is 47.9 Å². The van der Waals surface area contributed by atoms with Crippen molar-refractivity contribution >= 4 is 21.8 Å². The molecule has 0 unspecified atom stereocenters. The molecule has 0 bridgehead atoms. The van der Waals surface area contributed by atoms with Crippen molar-refractivity contribution in [2.75, 3.05) is 25.6 Å². The number of nitrogens with zero attached hydrogens (tertiary/aromatic N) is 5. The van der Waals surface area contributed by atoms with E-state index >= 15 is 0 Å². The molecule has 2 heterocycles. The van der Waals surface area contributed by atoms with Crippen molar-refractivity contribution in [3.8, 4) is 17.1 Å². The lowest BCUT2D eigenvalue weighted by Gasteiger charge is -2.13. The Morgan fingerprint density at radius 2 is 1.76 bits per heavy atom. The number of aryl methyl sites for hydroxylation is 2. The van der Waals surface area contributed by atoms with E-state index in [-0.39, 0.29) is 5.75 Å². The second kappa shape index (κ2) is 9.06. The van der Waals surface area contributed by atoms with E-state index in [1.54, 1.807) is 26.5 Å². The molecule has 3 rings (SSSR count). The summed E-state index contributed by atoms with van der Waals surface area (Å²) in [6.07, 6.45) is 4.00. The minimum atomic E-state index is -3.19. The highest BCUT2D eigenvalue weighted by atomic mass is 32.2. The van der Waals surface area contributed by atoms with Gasteiger partial charge in [0.15, 0.2) is 11.0 Å². The quantitative estimate of drug-likeness (QED) is 0.402. The zero-order chi connectivity index (χ0) is 21.0. The second-order valence-electron chi connectivity index (χ2n) is 6.95. The first-order valence-electron chi connectivity index (χ1n) is 9.26. The molecule has 0 spiro atoms. The van der Waals surface area contributed by atoms with E-state index in [0.717, 1.165) is 22.2 Å². The molecule has 0 N–H and O–H groups in total. The molecular formula is C20H25N5O2S2. The van der Waals surface area contributed by atoms with Gasteiger partial charge in [0.25, 0.3) is 0 Å². The van der Waals surface area contributed by atoms with Crippen LogP contribution in [-0.4, -0.2) is 58.1 Å². The van der Waals surface area contributed by atoms with Crippen molar-refractivity contribution in [3.05, 3.63) is 53.9 Å². The van der Waals surface area contributed by atoms with E-state index in [2.05, 4.69) is 47.2 Å². The highest BCUT2D eigenvalue weighted by Crippen LogP contribution is 2.29. The number of aromatic nitrogens is 4. The van der Waals surface area contributed by atoms with Gasteiger partial charge < -0.3 is 0 Å². The molecule has 0 aliphatic heterocycles. The molecule has 0 saturated carbocycles.